The van der Waals surface area contributed by atoms with E-state index in [1.807, 2.05) is 13.0 Å². The van der Waals surface area contributed by atoms with Crippen LogP contribution in [0.2, 0.25) is 0 Å². The summed E-state index contributed by atoms with van der Waals surface area (Å²) in [6.07, 6.45) is 1.86. The van der Waals surface area contributed by atoms with E-state index in [0.29, 0.717) is 29.2 Å². The Morgan fingerprint density at radius 2 is 1.90 bits per heavy atom. The molecule has 154 valence electrons. The molecule has 2 aromatic rings. The molecule has 0 spiro atoms. The number of nitrogens with zero attached hydrogens (tertiary/aromatic N) is 1. The highest BCUT2D eigenvalue weighted by molar-refractivity contribution is 7.14. The number of hydrogen-bond acceptors (Lipinski definition) is 5. The minimum Gasteiger partial charge on any atom is -0.396 e. The molecule has 6 nitrogen and oxygen atoms in total. The SMILES string of the molecule is Cc1ccc(C(=O)CCC(=O)Nc2cccc(C(=O)N3CCC(CO)CC3)c2)s1. The predicted molar refractivity (Wildman–Crippen MR) is 113 cm³/mol. The van der Waals surface area contributed by atoms with Gasteiger partial charge in [0, 0.05) is 48.7 Å². The second-order valence-electron chi connectivity index (χ2n) is 7.38. The van der Waals surface area contributed by atoms with Crippen LogP contribution in [0, 0.1) is 12.8 Å². The molecule has 7 heteroatoms. The lowest BCUT2D eigenvalue weighted by Gasteiger charge is -2.31. The number of hydrogen-bond donors (Lipinski definition) is 2. The number of aliphatic hydroxyl groups excluding tert-OH is 1. The number of aliphatic hydroxyl groups is 1. The Kier molecular flexibility index (Phi) is 7.17. The van der Waals surface area contributed by atoms with Crippen molar-refractivity contribution in [2.24, 2.45) is 5.92 Å². The van der Waals surface area contributed by atoms with Gasteiger partial charge in [-0.3, -0.25) is 14.4 Å². The fourth-order valence-corrected chi connectivity index (χ4v) is 4.22. The molecule has 0 atom stereocenters. The van der Waals surface area contributed by atoms with E-state index in [2.05, 4.69) is 5.32 Å². The number of carbonyl (C=O) groups is 3. The number of amides is 2. The molecule has 1 fully saturated rings. The minimum atomic E-state index is -0.250. The van der Waals surface area contributed by atoms with Crippen molar-refractivity contribution in [3.05, 3.63) is 51.7 Å². The first-order chi connectivity index (χ1) is 14.0. The Bertz CT molecular complexity index is 884. The summed E-state index contributed by atoms with van der Waals surface area (Å²) in [6, 6.07) is 10.6. The molecule has 1 aromatic carbocycles. The van der Waals surface area contributed by atoms with Gasteiger partial charge in [-0.1, -0.05) is 6.07 Å². The number of piperidine rings is 1. The van der Waals surface area contributed by atoms with Gasteiger partial charge in [0.2, 0.25) is 5.91 Å². The second-order valence-corrected chi connectivity index (χ2v) is 8.67. The van der Waals surface area contributed by atoms with Crippen LogP contribution in [-0.4, -0.2) is 47.3 Å². The summed E-state index contributed by atoms with van der Waals surface area (Å²) >= 11 is 1.43. The van der Waals surface area contributed by atoms with E-state index in [-0.39, 0.29) is 43.0 Å². The maximum atomic E-state index is 12.7. The highest BCUT2D eigenvalue weighted by Gasteiger charge is 2.23. The number of nitrogens with one attached hydrogen (secondary N) is 1. The Labute approximate surface area is 174 Å². The molecule has 2 heterocycles. The van der Waals surface area contributed by atoms with Gasteiger partial charge >= 0.3 is 0 Å². The quantitative estimate of drug-likeness (QED) is 0.679. The number of carbonyl (C=O) groups excluding carboxylic acids is 3. The van der Waals surface area contributed by atoms with Crippen molar-refractivity contribution >= 4 is 34.6 Å². The minimum absolute atomic E-state index is 0.0338. The van der Waals surface area contributed by atoms with Crippen LogP contribution < -0.4 is 5.32 Å². The number of rotatable bonds is 7. The number of ketones is 1. The normalized spacial score (nSPS) is 14.6. The van der Waals surface area contributed by atoms with Crippen LogP contribution in [0.1, 0.15) is 50.6 Å². The van der Waals surface area contributed by atoms with Crippen LogP contribution in [0.25, 0.3) is 0 Å². The van der Waals surface area contributed by atoms with Crippen LogP contribution in [0.4, 0.5) is 5.69 Å². The van der Waals surface area contributed by atoms with Gasteiger partial charge in [-0.25, -0.2) is 0 Å². The van der Waals surface area contributed by atoms with Crippen molar-refractivity contribution in [3.63, 3.8) is 0 Å². The standard InChI is InChI=1S/C22H26N2O4S/c1-15-5-7-20(29-15)19(26)6-8-21(27)23-18-4-2-3-17(13-18)22(28)24-11-9-16(14-25)10-12-24/h2-5,7,13,16,25H,6,8-12,14H2,1H3,(H,23,27). The zero-order chi connectivity index (χ0) is 20.8. The average Bonchev–Trinajstić information content (AvgIpc) is 3.18. The molecule has 1 aromatic heterocycles. The number of benzene rings is 1. The van der Waals surface area contributed by atoms with Gasteiger partial charge in [0.1, 0.15) is 0 Å². The monoisotopic (exact) mass is 414 g/mol. The summed E-state index contributed by atoms with van der Waals surface area (Å²) in [7, 11) is 0. The van der Waals surface area contributed by atoms with Gasteiger partial charge in [-0.05, 0) is 56.0 Å². The Morgan fingerprint density at radius 3 is 2.55 bits per heavy atom. The van der Waals surface area contributed by atoms with Gasteiger partial charge < -0.3 is 15.3 Å². The van der Waals surface area contributed by atoms with Gasteiger partial charge in [-0.15, -0.1) is 11.3 Å². The van der Waals surface area contributed by atoms with Crippen molar-refractivity contribution in [3.8, 4) is 0 Å². The molecule has 1 aliphatic heterocycles. The average molecular weight is 415 g/mol. The van der Waals surface area contributed by atoms with E-state index in [4.69, 9.17) is 0 Å². The maximum absolute atomic E-state index is 12.7. The first kappa shape index (κ1) is 21.2. The van der Waals surface area contributed by atoms with Crippen LogP contribution in [0.5, 0.6) is 0 Å². The predicted octanol–water partition coefficient (Wildman–Crippen LogP) is 3.50. The van der Waals surface area contributed by atoms with Crippen molar-refractivity contribution in [1.82, 2.24) is 4.90 Å². The number of Topliss-reactive ketones (excluding diaryl/α,β-unsaturated/α-hetero) is 1. The molecule has 29 heavy (non-hydrogen) atoms. The molecule has 2 N–H and O–H groups in total. The van der Waals surface area contributed by atoms with Crippen LogP contribution in [0.3, 0.4) is 0 Å². The summed E-state index contributed by atoms with van der Waals surface area (Å²) < 4.78 is 0. The third kappa shape index (κ3) is 5.74. The second kappa shape index (κ2) is 9.80. The topological polar surface area (TPSA) is 86.7 Å². The van der Waals surface area contributed by atoms with E-state index in [1.54, 1.807) is 35.2 Å². The first-order valence-electron chi connectivity index (χ1n) is 9.86. The van der Waals surface area contributed by atoms with Crippen LogP contribution in [-0.2, 0) is 4.79 Å². The van der Waals surface area contributed by atoms with E-state index < -0.39 is 0 Å². The molecule has 0 saturated carbocycles. The Hall–Kier alpha value is -2.51. The molecule has 1 saturated heterocycles. The fraction of sp³-hybridized carbons (Fsp3) is 0.409. The smallest absolute Gasteiger partial charge is 0.253 e. The molecule has 2 amide bonds. The van der Waals surface area contributed by atoms with Gasteiger partial charge in [0.25, 0.3) is 5.91 Å². The zero-order valence-corrected chi connectivity index (χ0v) is 17.3. The number of aryl methyl sites for hydroxylation is 1. The van der Waals surface area contributed by atoms with Crippen LogP contribution >= 0.6 is 11.3 Å². The third-order valence-corrected chi connectivity index (χ3v) is 6.19. The summed E-state index contributed by atoms with van der Waals surface area (Å²) in [5.74, 6) is -0.0837. The van der Waals surface area contributed by atoms with E-state index in [9.17, 15) is 19.5 Å². The van der Waals surface area contributed by atoms with Gasteiger partial charge in [0.05, 0.1) is 4.88 Å². The summed E-state index contributed by atoms with van der Waals surface area (Å²) in [4.78, 5) is 40.6. The van der Waals surface area contributed by atoms with E-state index >= 15 is 0 Å². The Morgan fingerprint density at radius 1 is 1.14 bits per heavy atom. The molecule has 0 bridgehead atoms. The lowest BCUT2D eigenvalue weighted by molar-refractivity contribution is -0.116. The zero-order valence-electron chi connectivity index (χ0n) is 16.5. The molecule has 3 rings (SSSR count). The van der Waals surface area contributed by atoms with Gasteiger partial charge in [-0.2, -0.15) is 0 Å². The van der Waals surface area contributed by atoms with Crippen LogP contribution in [0.15, 0.2) is 36.4 Å². The fourth-order valence-electron chi connectivity index (χ4n) is 3.39. The summed E-state index contributed by atoms with van der Waals surface area (Å²) in [6.45, 7) is 3.37. The highest BCUT2D eigenvalue weighted by Crippen LogP contribution is 2.21. The summed E-state index contributed by atoms with van der Waals surface area (Å²) in [5, 5.41) is 12.0. The van der Waals surface area contributed by atoms with Crippen molar-refractivity contribution in [2.75, 3.05) is 25.0 Å². The molecule has 0 radical (unpaired) electrons. The van der Waals surface area contributed by atoms with Crippen molar-refractivity contribution in [1.29, 1.82) is 0 Å². The molecule has 0 aliphatic carbocycles. The summed E-state index contributed by atoms with van der Waals surface area (Å²) in [5.41, 5.74) is 1.07. The van der Waals surface area contributed by atoms with E-state index in [1.165, 1.54) is 11.3 Å². The van der Waals surface area contributed by atoms with Crippen molar-refractivity contribution < 1.29 is 19.5 Å². The number of likely N-dealkylation sites (tertiary alicyclic amines) is 1. The highest BCUT2D eigenvalue weighted by atomic mass is 32.1. The lowest BCUT2D eigenvalue weighted by atomic mass is 9.97. The van der Waals surface area contributed by atoms with Gasteiger partial charge in [0.15, 0.2) is 5.78 Å². The lowest BCUT2D eigenvalue weighted by Crippen LogP contribution is -2.39. The molecule has 1 aliphatic rings. The number of thiophene rings is 1. The van der Waals surface area contributed by atoms with E-state index in [0.717, 1.165) is 17.7 Å². The number of anilines is 1. The molecular weight excluding hydrogens is 388 g/mol. The first-order valence-corrected chi connectivity index (χ1v) is 10.7. The molecule has 0 unspecified atom stereocenters. The Balaban J connectivity index is 1.53. The third-order valence-electron chi connectivity index (χ3n) is 5.15. The van der Waals surface area contributed by atoms with Crippen molar-refractivity contribution in [2.45, 2.75) is 32.6 Å². The molecular formula is C22H26N2O4S. The maximum Gasteiger partial charge on any atom is 0.253 e. The largest absolute Gasteiger partial charge is 0.396 e.